The van der Waals surface area contributed by atoms with Gasteiger partial charge < -0.3 is 10.1 Å². The standard InChI is InChI=1S/C18H23N3O2S/c1-21-10-4-6-13(16(21)15-8-5-11-24-15)12-20-17(22)14-7-3-9-19-18(14)23-2/h3,5,7-9,11,13,16H,4,6,10,12H2,1-2H3,(H,20,22)/t13-,16-/m0/s1. The molecule has 0 radical (unpaired) electrons. The monoisotopic (exact) mass is 345 g/mol. The Morgan fingerprint density at radius 1 is 1.46 bits per heavy atom. The van der Waals surface area contributed by atoms with Crippen LogP contribution in [0.2, 0.25) is 0 Å². The molecule has 1 saturated heterocycles. The molecule has 5 nitrogen and oxygen atoms in total. The van der Waals surface area contributed by atoms with E-state index < -0.39 is 0 Å². The molecule has 0 aromatic carbocycles. The third-order valence-corrected chi connectivity index (χ3v) is 5.52. The van der Waals surface area contributed by atoms with E-state index in [1.54, 1.807) is 29.7 Å². The smallest absolute Gasteiger partial charge is 0.256 e. The number of nitrogens with zero attached hydrogens (tertiary/aromatic N) is 2. The van der Waals surface area contributed by atoms with Crippen LogP contribution in [0.3, 0.4) is 0 Å². The number of methoxy groups -OCH3 is 1. The minimum Gasteiger partial charge on any atom is -0.480 e. The molecule has 2 atom stereocenters. The average Bonchev–Trinajstić information content (AvgIpc) is 3.13. The summed E-state index contributed by atoms with van der Waals surface area (Å²) in [6, 6.07) is 8.15. The fraction of sp³-hybridized carbons (Fsp3) is 0.444. The summed E-state index contributed by atoms with van der Waals surface area (Å²) < 4.78 is 5.18. The van der Waals surface area contributed by atoms with Gasteiger partial charge in [-0.15, -0.1) is 11.3 Å². The second kappa shape index (κ2) is 7.77. The van der Waals surface area contributed by atoms with Crippen LogP contribution in [0, 0.1) is 5.92 Å². The number of rotatable bonds is 5. The fourth-order valence-corrected chi connectivity index (χ4v) is 4.41. The van der Waals surface area contributed by atoms with Gasteiger partial charge >= 0.3 is 0 Å². The van der Waals surface area contributed by atoms with Crippen molar-refractivity contribution in [3.8, 4) is 5.88 Å². The number of aromatic nitrogens is 1. The van der Waals surface area contributed by atoms with Gasteiger partial charge in [-0.1, -0.05) is 6.07 Å². The van der Waals surface area contributed by atoms with E-state index in [1.807, 2.05) is 0 Å². The van der Waals surface area contributed by atoms with Crippen LogP contribution in [0.25, 0.3) is 0 Å². The molecule has 1 amide bonds. The molecule has 2 aromatic rings. The lowest BCUT2D eigenvalue weighted by Crippen LogP contribution is -2.41. The van der Waals surface area contributed by atoms with E-state index in [-0.39, 0.29) is 5.91 Å². The first-order chi connectivity index (χ1) is 11.7. The van der Waals surface area contributed by atoms with Gasteiger partial charge in [-0.25, -0.2) is 4.98 Å². The average molecular weight is 345 g/mol. The number of hydrogen-bond acceptors (Lipinski definition) is 5. The zero-order valence-electron chi connectivity index (χ0n) is 14.1. The molecule has 0 spiro atoms. The molecule has 24 heavy (non-hydrogen) atoms. The van der Waals surface area contributed by atoms with Gasteiger partial charge in [-0.3, -0.25) is 9.69 Å². The molecule has 0 saturated carbocycles. The lowest BCUT2D eigenvalue weighted by atomic mass is 9.88. The highest BCUT2D eigenvalue weighted by atomic mass is 32.1. The van der Waals surface area contributed by atoms with Gasteiger partial charge in [0.25, 0.3) is 5.91 Å². The van der Waals surface area contributed by atoms with E-state index in [4.69, 9.17) is 4.74 Å². The maximum atomic E-state index is 12.5. The molecule has 128 valence electrons. The molecule has 6 heteroatoms. The van der Waals surface area contributed by atoms with Crippen molar-refractivity contribution in [1.82, 2.24) is 15.2 Å². The van der Waals surface area contributed by atoms with Crippen LogP contribution < -0.4 is 10.1 Å². The summed E-state index contributed by atoms with van der Waals surface area (Å²) in [4.78, 5) is 20.4. The highest BCUT2D eigenvalue weighted by molar-refractivity contribution is 7.10. The Morgan fingerprint density at radius 2 is 2.33 bits per heavy atom. The van der Waals surface area contributed by atoms with Crippen LogP contribution in [0.5, 0.6) is 5.88 Å². The maximum absolute atomic E-state index is 12.5. The van der Waals surface area contributed by atoms with Crippen LogP contribution in [-0.4, -0.2) is 43.0 Å². The van der Waals surface area contributed by atoms with Crippen molar-refractivity contribution in [1.29, 1.82) is 0 Å². The number of amides is 1. The Hall–Kier alpha value is -1.92. The van der Waals surface area contributed by atoms with Crippen molar-refractivity contribution in [3.63, 3.8) is 0 Å². The third-order valence-electron chi connectivity index (χ3n) is 4.58. The fourth-order valence-electron chi connectivity index (χ4n) is 3.43. The predicted octanol–water partition coefficient (Wildman–Crippen LogP) is 2.96. The van der Waals surface area contributed by atoms with Gasteiger partial charge in [-0.2, -0.15) is 0 Å². The maximum Gasteiger partial charge on any atom is 0.256 e. The molecule has 1 aliphatic rings. The first-order valence-corrected chi connectivity index (χ1v) is 9.09. The van der Waals surface area contributed by atoms with Crippen molar-refractivity contribution in [3.05, 3.63) is 46.3 Å². The van der Waals surface area contributed by atoms with Gasteiger partial charge in [-0.05, 0) is 55.9 Å². The molecule has 1 fully saturated rings. The van der Waals surface area contributed by atoms with Gasteiger partial charge in [0.15, 0.2) is 0 Å². The molecular formula is C18H23N3O2S. The first-order valence-electron chi connectivity index (χ1n) is 8.21. The number of thiophene rings is 1. The van der Waals surface area contributed by atoms with Gasteiger partial charge in [0.2, 0.25) is 5.88 Å². The molecule has 0 unspecified atom stereocenters. The molecule has 2 aromatic heterocycles. The Kier molecular flexibility index (Phi) is 5.48. The Bertz CT molecular complexity index is 675. The minimum atomic E-state index is -0.127. The third kappa shape index (κ3) is 3.60. The van der Waals surface area contributed by atoms with Crippen LogP contribution in [0.15, 0.2) is 35.8 Å². The molecule has 0 aliphatic carbocycles. The van der Waals surface area contributed by atoms with Gasteiger partial charge in [0, 0.05) is 23.7 Å². The highest BCUT2D eigenvalue weighted by Crippen LogP contribution is 2.36. The molecule has 1 aliphatic heterocycles. The summed E-state index contributed by atoms with van der Waals surface area (Å²) in [5, 5.41) is 5.19. The lowest BCUT2D eigenvalue weighted by Gasteiger charge is -2.38. The summed E-state index contributed by atoms with van der Waals surface area (Å²) >= 11 is 1.79. The van der Waals surface area contributed by atoms with Gasteiger partial charge in [0.1, 0.15) is 5.56 Å². The number of carbonyl (C=O) groups excluding carboxylic acids is 1. The first kappa shape index (κ1) is 16.9. The summed E-state index contributed by atoms with van der Waals surface area (Å²) in [7, 11) is 3.70. The number of carbonyl (C=O) groups is 1. The number of piperidine rings is 1. The molecule has 1 N–H and O–H groups in total. The van der Waals surface area contributed by atoms with Crippen LogP contribution in [0.1, 0.15) is 34.1 Å². The lowest BCUT2D eigenvalue weighted by molar-refractivity contribution is 0.0892. The summed E-state index contributed by atoms with van der Waals surface area (Å²) in [5.74, 6) is 0.651. The van der Waals surface area contributed by atoms with E-state index in [2.05, 4.69) is 39.8 Å². The van der Waals surface area contributed by atoms with Crippen molar-refractivity contribution in [2.75, 3.05) is 27.2 Å². The Balaban J connectivity index is 1.69. The summed E-state index contributed by atoms with van der Waals surface area (Å²) in [5.41, 5.74) is 0.483. The van der Waals surface area contributed by atoms with Crippen molar-refractivity contribution >= 4 is 17.2 Å². The van der Waals surface area contributed by atoms with Gasteiger partial charge in [0.05, 0.1) is 7.11 Å². The van der Waals surface area contributed by atoms with Crippen molar-refractivity contribution in [2.24, 2.45) is 5.92 Å². The van der Waals surface area contributed by atoms with E-state index in [0.717, 1.165) is 19.4 Å². The number of nitrogens with one attached hydrogen (secondary N) is 1. The van der Waals surface area contributed by atoms with E-state index >= 15 is 0 Å². The second-order valence-electron chi connectivity index (χ2n) is 6.11. The molecule has 0 bridgehead atoms. The topological polar surface area (TPSA) is 54.5 Å². The molecule has 3 rings (SSSR count). The number of hydrogen-bond donors (Lipinski definition) is 1. The van der Waals surface area contributed by atoms with Crippen molar-refractivity contribution in [2.45, 2.75) is 18.9 Å². The highest BCUT2D eigenvalue weighted by Gasteiger charge is 2.31. The molecular weight excluding hydrogens is 322 g/mol. The summed E-state index contributed by atoms with van der Waals surface area (Å²) in [6.45, 7) is 1.76. The van der Waals surface area contributed by atoms with Crippen LogP contribution in [-0.2, 0) is 0 Å². The minimum absolute atomic E-state index is 0.127. The zero-order chi connectivity index (χ0) is 16.9. The zero-order valence-corrected chi connectivity index (χ0v) is 14.9. The SMILES string of the molecule is COc1ncccc1C(=O)NC[C@@H]1CCCN(C)[C@@H]1c1cccs1. The Labute approximate surface area is 146 Å². The molecule has 3 heterocycles. The number of ether oxygens (including phenoxy) is 1. The number of likely N-dealkylation sites (tertiary alicyclic amines) is 1. The quantitative estimate of drug-likeness (QED) is 0.905. The largest absolute Gasteiger partial charge is 0.480 e. The summed E-state index contributed by atoms with van der Waals surface area (Å²) in [6.07, 6.45) is 3.91. The van der Waals surface area contributed by atoms with Crippen LogP contribution >= 0.6 is 11.3 Å². The second-order valence-corrected chi connectivity index (χ2v) is 7.09. The Morgan fingerprint density at radius 3 is 3.08 bits per heavy atom. The van der Waals surface area contributed by atoms with Crippen molar-refractivity contribution < 1.29 is 9.53 Å². The van der Waals surface area contributed by atoms with E-state index in [9.17, 15) is 4.79 Å². The van der Waals surface area contributed by atoms with Crippen LogP contribution in [0.4, 0.5) is 0 Å². The number of pyridine rings is 1. The predicted molar refractivity (Wildman–Crippen MR) is 95.5 cm³/mol. The van der Waals surface area contributed by atoms with E-state index in [0.29, 0.717) is 29.9 Å². The van der Waals surface area contributed by atoms with E-state index in [1.165, 1.54) is 12.0 Å². The normalized spacial score (nSPS) is 21.4.